The van der Waals surface area contributed by atoms with Gasteiger partial charge in [0.05, 0.1) is 18.1 Å². The Morgan fingerprint density at radius 2 is 1.64 bits per heavy atom. The largest absolute Gasteiger partial charge is 0.493 e. The molecule has 3 amide bonds. The number of amides is 3. The first-order valence-corrected chi connectivity index (χ1v) is 14.5. The van der Waals surface area contributed by atoms with Gasteiger partial charge < -0.3 is 14.8 Å². The second kappa shape index (κ2) is 12.5. The van der Waals surface area contributed by atoms with Crippen molar-refractivity contribution in [2.24, 2.45) is 0 Å². The van der Waals surface area contributed by atoms with E-state index >= 15 is 0 Å². The van der Waals surface area contributed by atoms with E-state index in [9.17, 15) is 46.0 Å². The Morgan fingerprint density at radius 1 is 1.02 bits per heavy atom. The molecule has 0 radical (unpaired) electrons. The molecule has 2 aliphatic heterocycles. The summed E-state index contributed by atoms with van der Waals surface area (Å²) >= 11 is 0. The summed E-state index contributed by atoms with van der Waals surface area (Å²) < 4.78 is 94.8. The van der Waals surface area contributed by atoms with Crippen LogP contribution in [0, 0.1) is 10.1 Å². The van der Waals surface area contributed by atoms with E-state index in [0.717, 1.165) is 11.0 Å². The van der Waals surface area contributed by atoms with Crippen LogP contribution < -0.4 is 10.1 Å². The average molecular weight is 646 g/mol. The molecule has 2 aromatic rings. The number of carbonyl (C=O) groups excluding carboxylic acids is 2. The highest BCUT2D eigenvalue weighted by Gasteiger charge is 2.76. The van der Waals surface area contributed by atoms with E-state index < -0.39 is 52.5 Å². The molecule has 15 heteroatoms. The molecule has 2 aliphatic rings. The third kappa shape index (κ3) is 5.93. The molecule has 1 saturated heterocycles. The van der Waals surface area contributed by atoms with Crippen LogP contribution in [0.15, 0.2) is 30.3 Å². The maximum atomic E-state index is 14.0. The number of rotatable bonds is 12. The van der Waals surface area contributed by atoms with Crippen molar-refractivity contribution in [2.75, 3.05) is 13.2 Å². The minimum absolute atomic E-state index is 0.0119. The van der Waals surface area contributed by atoms with Crippen molar-refractivity contribution in [3.05, 3.63) is 68.3 Å². The van der Waals surface area contributed by atoms with E-state index in [-0.39, 0.29) is 54.1 Å². The number of benzene rings is 2. The molecule has 1 atom stereocenters. The van der Waals surface area contributed by atoms with Crippen molar-refractivity contribution in [1.29, 1.82) is 0 Å². The molecule has 0 spiro atoms. The molecular weight excluding hydrogens is 612 g/mol. The summed E-state index contributed by atoms with van der Waals surface area (Å²) in [6, 6.07) is 5.52. The molecule has 0 aliphatic carbocycles. The Morgan fingerprint density at radius 3 is 2.20 bits per heavy atom. The molecule has 0 bridgehead atoms. The van der Waals surface area contributed by atoms with E-state index in [0.29, 0.717) is 31.2 Å². The number of nitrogens with one attached hydrogen (secondary N) is 1. The zero-order valence-electron chi connectivity index (χ0n) is 24.9. The van der Waals surface area contributed by atoms with Crippen LogP contribution in [-0.4, -0.2) is 47.3 Å². The van der Waals surface area contributed by atoms with Crippen molar-refractivity contribution in [3.8, 4) is 5.75 Å². The summed E-state index contributed by atoms with van der Waals surface area (Å²) in [4.78, 5) is 37.2. The van der Waals surface area contributed by atoms with Gasteiger partial charge in [0.1, 0.15) is 11.3 Å². The highest BCUT2D eigenvalue weighted by molar-refractivity contribution is 6.07. The molecule has 9 nitrogen and oxygen atoms in total. The van der Waals surface area contributed by atoms with Gasteiger partial charge >= 0.3 is 18.4 Å². The van der Waals surface area contributed by atoms with E-state index in [4.69, 9.17) is 4.74 Å². The van der Waals surface area contributed by atoms with Gasteiger partial charge in [-0.1, -0.05) is 26.7 Å². The first kappa shape index (κ1) is 34.0. The zero-order valence-corrected chi connectivity index (χ0v) is 24.9. The number of ether oxygens (including phenoxy) is 2. The minimum atomic E-state index is -5.74. The third-order valence-corrected chi connectivity index (χ3v) is 8.16. The number of alkyl halides is 6. The van der Waals surface area contributed by atoms with Gasteiger partial charge in [-0.2, -0.15) is 26.3 Å². The van der Waals surface area contributed by atoms with Gasteiger partial charge in [-0.05, 0) is 67.5 Å². The molecule has 2 aromatic carbocycles. The molecule has 246 valence electrons. The standard InChI is InChI=1S/C30H33F6N3O6/c1-4-8-18-16-23-22(17-45-28(23,29(31,32)33)30(34,35)36)21(9-5-2)24(18)44-15-7-6-14-38-25(40)27(3,37-26(38)41)19-10-12-20(13-11-19)39(42)43/h10-13,16H,4-9,14-15,17H2,1-3H3,(H,37,41). The number of nitrogens with zero attached hydrogens (tertiary/aromatic N) is 2. The number of halogens is 6. The van der Waals surface area contributed by atoms with E-state index in [1.54, 1.807) is 13.8 Å². The normalized spacial score (nSPS) is 19.5. The molecule has 0 saturated carbocycles. The Labute approximate surface area is 255 Å². The molecule has 2 heterocycles. The lowest BCUT2D eigenvalue weighted by atomic mass is 9.84. The van der Waals surface area contributed by atoms with E-state index in [1.165, 1.54) is 31.2 Å². The first-order chi connectivity index (χ1) is 21.0. The number of carbonyl (C=O) groups is 2. The fraction of sp³-hybridized carbons (Fsp3) is 0.533. The Bertz CT molecular complexity index is 1450. The quantitative estimate of drug-likeness (QED) is 0.0877. The van der Waals surface area contributed by atoms with Crippen LogP contribution in [0.5, 0.6) is 5.75 Å². The number of urea groups is 1. The first-order valence-electron chi connectivity index (χ1n) is 14.5. The number of aryl methyl sites for hydroxylation is 1. The van der Waals surface area contributed by atoms with Crippen molar-refractivity contribution in [2.45, 2.75) is 89.4 Å². The number of hydrogen-bond donors (Lipinski definition) is 1. The van der Waals surface area contributed by atoms with Gasteiger partial charge in [-0.15, -0.1) is 0 Å². The topological polar surface area (TPSA) is 111 Å². The van der Waals surface area contributed by atoms with Gasteiger partial charge in [0.15, 0.2) is 0 Å². The fourth-order valence-electron chi connectivity index (χ4n) is 5.89. The molecule has 1 unspecified atom stereocenters. The van der Waals surface area contributed by atoms with Crippen LogP contribution in [0.25, 0.3) is 0 Å². The van der Waals surface area contributed by atoms with Crippen LogP contribution in [0.2, 0.25) is 0 Å². The molecule has 0 aromatic heterocycles. The molecule has 1 fully saturated rings. The second-order valence-corrected chi connectivity index (χ2v) is 11.2. The van der Waals surface area contributed by atoms with Crippen molar-refractivity contribution in [1.82, 2.24) is 10.2 Å². The predicted molar refractivity (Wildman–Crippen MR) is 148 cm³/mol. The lowest BCUT2D eigenvalue weighted by molar-refractivity contribution is -0.385. The van der Waals surface area contributed by atoms with Gasteiger partial charge in [0.2, 0.25) is 0 Å². The van der Waals surface area contributed by atoms with Crippen molar-refractivity contribution < 1.29 is 50.3 Å². The number of hydrogen-bond acceptors (Lipinski definition) is 6. The SMILES string of the molecule is CCCc1cc2c(c(CCC)c1OCCCCN1C(=O)NC(C)(c3ccc([N+](=O)[O-])cc3)C1=O)COC2(C(F)(F)F)C(F)(F)F. The molecule has 45 heavy (non-hydrogen) atoms. The lowest BCUT2D eigenvalue weighted by Crippen LogP contribution is -2.53. The highest BCUT2D eigenvalue weighted by atomic mass is 19.4. The third-order valence-electron chi connectivity index (χ3n) is 8.16. The van der Waals surface area contributed by atoms with E-state index in [1.807, 2.05) is 0 Å². The maximum absolute atomic E-state index is 14.0. The second-order valence-electron chi connectivity index (χ2n) is 11.2. The van der Waals surface area contributed by atoms with Gasteiger partial charge in [-0.3, -0.25) is 19.8 Å². The lowest BCUT2D eigenvalue weighted by Gasteiger charge is -2.34. The van der Waals surface area contributed by atoms with Crippen LogP contribution in [0.1, 0.15) is 74.3 Å². The number of fused-ring (bicyclic) bond motifs is 1. The van der Waals surface area contributed by atoms with Crippen molar-refractivity contribution in [3.63, 3.8) is 0 Å². The monoisotopic (exact) mass is 645 g/mol. The van der Waals surface area contributed by atoms with Crippen LogP contribution >= 0.6 is 0 Å². The Hall–Kier alpha value is -3.88. The number of imide groups is 1. The predicted octanol–water partition coefficient (Wildman–Crippen LogP) is 6.98. The number of nitro groups is 1. The van der Waals surface area contributed by atoms with E-state index in [2.05, 4.69) is 10.1 Å². The van der Waals surface area contributed by atoms with Crippen molar-refractivity contribution >= 4 is 17.6 Å². The maximum Gasteiger partial charge on any atom is 0.430 e. The Kier molecular flexibility index (Phi) is 9.44. The zero-order chi connectivity index (χ0) is 33.4. The summed E-state index contributed by atoms with van der Waals surface area (Å²) in [6.07, 6.45) is -9.65. The summed E-state index contributed by atoms with van der Waals surface area (Å²) in [7, 11) is 0. The van der Waals surface area contributed by atoms with Crippen LogP contribution in [0.3, 0.4) is 0 Å². The number of non-ortho nitro benzene ring substituents is 1. The molecule has 1 N–H and O–H groups in total. The van der Waals surface area contributed by atoms with Gasteiger partial charge in [0, 0.05) is 29.8 Å². The fourth-order valence-corrected chi connectivity index (χ4v) is 5.89. The summed E-state index contributed by atoms with van der Waals surface area (Å²) in [6.45, 7) is 4.16. The Balaban J connectivity index is 1.50. The molecular formula is C30H33F6N3O6. The summed E-state index contributed by atoms with van der Waals surface area (Å²) in [5, 5.41) is 13.6. The molecule has 4 rings (SSSR count). The smallest absolute Gasteiger partial charge is 0.430 e. The summed E-state index contributed by atoms with van der Waals surface area (Å²) in [5.41, 5.74) is -6.31. The minimum Gasteiger partial charge on any atom is -0.493 e. The van der Waals surface area contributed by atoms with Crippen LogP contribution in [-0.2, 0) is 40.1 Å². The number of unbranched alkanes of at least 4 members (excludes halogenated alkanes) is 1. The average Bonchev–Trinajstić information content (AvgIpc) is 3.46. The van der Waals surface area contributed by atoms with Crippen LogP contribution in [0.4, 0.5) is 36.8 Å². The number of nitro benzene ring substituents is 1. The summed E-state index contributed by atoms with van der Waals surface area (Å²) in [5.74, 6) is -0.309. The van der Waals surface area contributed by atoms with Gasteiger partial charge in [-0.25, -0.2) is 4.79 Å². The van der Waals surface area contributed by atoms with Gasteiger partial charge in [0.25, 0.3) is 17.2 Å². The highest BCUT2D eigenvalue weighted by Crippen LogP contribution is 2.58.